The van der Waals surface area contributed by atoms with Crippen LogP contribution in [0, 0.1) is 5.92 Å². The molecule has 1 aliphatic heterocycles. The number of carbonyl (C=O) groups is 2. The van der Waals surface area contributed by atoms with Gasteiger partial charge in [0.15, 0.2) is 0 Å². The molecule has 1 heterocycles. The summed E-state index contributed by atoms with van der Waals surface area (Å²) >= 11 is 0. The molecule has 0 spiro atoms. The number of amides is 2. The van der Waals surface area contributed by atoms with Crippen LogP contribution in [-0.2, 0) is 9.59 Å². The Bertz CT molecular complexity index is 482. The van der Waals surface area contributed by atoms with E-state index in [0.29, 0.717) is 19.6 Å². The molecule has 1 aliphatic rings. The van der Waals surface area contributed by atoms with E-state index in [2.05, 4.69) is 5.32 Å². The first-order valence-corrected chi connectivity index (χ1v) is 7.42. The monoisotopic (exact) mass is 289 g/mol. The van der Waals surface area contributed by atoms with Crippen molar-refractivity contribution in [1.29, 1.82) is 0 Å². The second-order valence-electron chi connectivity index (χ2n) is 5.41. The fourth-order valence-corrected chi connectivity index (χ4v) is 2.85. The Balaban J connectivity index is 1.99. The van der Waals surface area contributed by atoms with Crippen LogP contribution in [0.25, 0.3) is 0 Å². The number of piperidine rings is 1. The molecule has 0 radical (unpaired) electrons. The van der Waals surface area contributed by atoms with E-state index in [1.165, 1.54) is 0 Å². The highest BCUT2D eigenvalue weighted by Crippen LogP contribution is 2.22. The third-order valence-corrected chi connectivity index (χ3v) is 4.16. The highest BCUT2D eigenvalue weighted by molar-refractivity contribution is 5.84. The summed E-state index contributed by atoms with van der Waals surface area (Å²) < 4.78 is 0. The van der Waals surface area contributed by atoms with Gasteiger partial charge in [0, 0.05) is 32.6 Å². The van der Waals surface area contributed by atoms with E-state index in [1.807, 2.05) is 35.2 Å². The third kappa shape index (κ3) is 3.61. The second kappa shape index (κ2) is 7.22. The first kappa shape index (κ1) is 15.5. The predicted octanol–water partition coefficient (Wildman–Crippen LogP) is 0.714. The Kier molecular flexibility index (Phi) is 5.33. The van der Waals surface area contributed by atoms with Crippen molar-refractivity contribution >= 4 is 11.8 Å². The van der Waals surface area contributed by atoms with Crippen molar-refractivity contribution in [3.63, 3.8) is 0 Å². The minimum Gasteiger partial charge on any atom is -0.359 e. The molecular weight excluding hydrogens is 266 g/mol. The summed E-state index contributed by atoms with van der Waals surface area (Å²) in [6.07, 6.45) is 1.44. The molecule has 114 valence electrons. The van der Waals surface area contributed by atoms with Gasteiger partial charge in [-0.2, -0.15) is 0 Å². The molecule has 0 aromatic heterocycles. The Morgan fingerprint density at radius 2 is 1.90 bits per heavy atom. The maximum absolute atomic E-state index is 12.6. The molecule has 1 unspecified atom stereocenters. The minimum atomic E-state index is -0.289. The molecule has 1 fully saturated rings. The number of nitrogens with one attached hydrogen (secondary N) is 1. The number of likely N-dealkylation sites (tertiary alicyclic amines) is 1. The first-order chi connectivity index (χ1) is 10.2. The van der Waals surface area contributed by atoms with Gasteiger partial charge in [0.2, 0.25) is 11.8 Å². The van der Waals surface area contributed by atoms with Crippen molar-refractivity contribution in [2.24, 2.45) is 11.7 Å². The van der Waals surface area contributed by atoms with Crippen molar-refractivity contribution in [3.8, 4) is 0 Å². The molecule has 5 heteroatoms. The average Bonchev–Trinajstić information content (AvgIpc) is 2.56. The summed E-state index contributed by atoms with van der Waals surface area (Å²) in [6.45, 7) is 1.55. The Hall–Kier alpha value is -1.88. The molecule has 1 aromatic rings. The Morgan fingerprint density at radius 3 is 2.43 bits per heavy atom. The van der Waals surface area contributed by atoms with Gasteiger partial charge in [-0.25, -0.2) is 0 Å². The summed E-state index contributed by atoms with van der Waals surface area (Å²) in [7, 11) is 1.65. The Labute approximate surface area is 125 Å². The average molecular weight is 289 g/mol. The van der Waals surface area contributed by atoms with Crippen molar-refractivity contribution < 1.29 is 9.59 Å². The van der Waals surface area contributed by atoms with E-state index in [1.54, 1.807) is 7.05 Å². The van der Waals surface area contributed by atoms with E-state index in [4.69, 9.17) is 5.73 Å². The molecular formula is C16H23N3O2. The van der Waals surface area contributed by atoms with E-state index in [9.17, 15) is 9.59 Å². The topological polar surface area (TPSA) is 75.4 Å². The lowest BCUT2D eigenvalue weighted by Crippen LogP contribution is -2.45. The smallest absolute Gasteiger partial charge is 0.231 e. The van der Waals surface area contributed by atoms with Crippen LogP contribution in [0.2, 0.25) is 0 Å². The zero-order valence-electron chi connectivity index (χ0n) is 12.4. The van der Waals surface area contributed by atoms with E-state index >= 15 is 0 Å². The molecule has 0 aliphatic carbocycles. The second-order valence-corrected chi connectivity index (χ2v) is 5.41. The molecule has 2 rings (SSSR count). The number of hydrogen-bond acceptors (Lipinski definition) is 3. The predicted molar refractivity (Wildman–Crippen MR) is 81.6 cm³/mol. The first-order valence-electron chi connectivity index (χ1n) is 7.42. The minimum absolute atomic E-state index is 0.0205. The van der Waals surface area contributed by atoms with Gasteiger partial charge in [0.25, 0.3) is 0 Å². The lowest BCUT2D eigenvalue weighted by molar-refractivity contribution is -0.136. The molecule has 0 saturated carbocycles. The van der Waals surface area contributed by atoms with Crippen LogP contribution < -0.4 is 11.1 Å². The number of rotatable bonds is 4. The number of nitrogens with two attached hydrogens (primary N) is 1. The Morgan fingerprint density at radius 1 is 1.29 bits per heavy atom. The van der Waals surface area contributed by atoms with Gasteiger partial charge in [-0.3, -0.25) is 9.59 Å². The van der Waals surface area contributed by atoms with Crippen molar-refractivity contribution in [1.82, 2.24) is 10.2 Å². The number of nitrogens with zero attached hydrogens (tertiary/aromatic N) is 1. The molecule has 21 heavy (non-hydrogen) atoms. The van der Waals surface area contributed by atoms with Crippen LogP contribution in [-0.4, -0.2) is 43.4 Å². The molecule has 2 amide bonds. The van der Waals surface area contributed by atoms with E-state index in [0.717, 1.165) is 18.4 Å². The van der Waals surface area contributed by atoms with Crippen LogP contribution in [0.15, 0.2) is 30.3 Å². The van der Waals surface area contributed by atoms with Gasteiger partial charge in [0.05, 0.1) is 5.92 Å². The summed E-state index contributed by atoms with van der Waals surface area (Å²) in [4.78, 5) is 26.1. The molecule has 1 saturated heterocycles. The van der Waals surface area contributed by atoms with Gasteiger partial charge < -0.3 is 16.0 Å². The van der Waals surface area contributed by atoms with Crippen LogP contribution >= 0.6 is 0 Å². The molecule has 3 N–H and O–H groups in total. The standard InChI is InChI=1S/C16H23N3O2/c1-18-15(20)13-7-9-19(10-8-13)16(21)14(11-17)12-5-3-2-4-6-12/h2-6,13-14H,7-11,17H2,1H3,(H,18,20). The fraction of sp³-hybridized carbons (Fsp3) is 0.500. The molecule has 5 nitrogen and oxygen atoms in total. The number of hydrogen-bond donors (Lipinski definition) is 2. The molecule has 0 bridgehead atoms. The van der Waals surface area contributed by atoms with Crippen LogP contribution in [0.1, 0.15) is 24.3 Å². The highest BCUT2D eigenvalue weighted by Gasteiger charge is 2.30. The van der Waals surface area contributed by atoms with Gasteiger partial charge in [0.1, 0.15) is 0 Å². The van der Waals surface area contributed by atoms with E-state index in [-0.39, 0.29) is 23.7 Å². The van der Waals surface area contributed by atoms with Crippen molar-refractivity contribution in [2.75, 3.05) is 26.7 Å². The van der Waals surface area contributed by atoms with Crippen molar-refractivity contribution in [2.45, 2.75) is 18.8 Å². The number of carbonyl (C=O) groups excluding carboxylic acids is 2. The van der Waals surface area contributed by atoms with Gasteiger partial charge >= 0.3 is 0 Å². The zero-order chi connectivity index (χ0) is 15.2. The summed E-state index contributed by atoms with van der Waals surface area (Å²) in [6, 6.07) is 9.64. The van der Waals surface area contributed by atoms with Gasteiger partial charge in [-0.1, -0.05) is 30.3 Å². The summed E-state index contributed by atoms with van der Waals surface area (Å²) in [5, 5.41) is 2.68. The SMILES string of the molecule is CNC(=O)C1CCN(C(=O)C(CN)c2ccccc2)CC1. The fourth-order valence-electron chi connectivity index (χ4n) is 2.85. The van der Waals surface area contributed by atoms with E-state index < -0.39 is 0 Å². The molecule has 1 aromatic carbocycles. The molecule has 1 atom stereocenters. The van der Waals surface area contributed by atoms with Gasteiger partial charge in [-0.05, 0) is 18.4 Å². The number of benzene rings is 1. The maximum Gasteiger partial charge on any atom is 0.231 e. The zero-order valence-corrected chi connectivity index (χ0v) is 12.4. The van der Waals surface area contributed by atoms with Crippen molar-refractivity contribution in [3.05, 3.63) is 35.9 Å². The quantitative estimate of drug-likeness (QED) is 0.857. The largest absolute Gasteiger partial charge is 0.359 e. The lowest BCUT2D eigenvalue weighted by atomic mass is 9.93. The van der Waals surface area contributed by atoms with Crippen LogP contribution in [0.4, 0.5) is 0 Å². The maximum atomic E-state index is 12.6. The van der Waals surface area contributed by atoms with Crippen LogP contribution in [0.3, 0.4) is 0 Å². The summed E-state index contributed by atoms with van der Waals surface area (Å²) in [5.41, 5.74) is 6.75. The lowest BCUT2D eigenvalue weighted by Gasteiger charge is -2.33. The van der Waals surface area contributed by atoms with Crippen LogP contribution in [0.5, 0.6) is 0 Å². The van der Waals surface area contributed by atoms with Gasteiger partial charge in [-0.15, -0.1) is 0 Å². The summed E-state index contributed by atoms with van der Waals surface area (Å²) in [5.74, 6) is -0.130. The highest BCUT2D eigenvalue weighted by atomic mass is 16.2. The normalized spacial score (nSPS) is 17.3. The third-order valence-electron chi connectivity index (χ3n) is 4.16.